The van der Waals surface area contributed by atoms with Crippen molar-refractivity contribution in [1.29, 1.82) is 0 Å². The van der Waals surface area contributed by atoms with Gasteiger partial charge in [-0.05, 0) is 56.4 Å². The van der Waals surface area contributed by atoms with E-state index in [9.17, 15) is 19.5 Å². The zero-order chi connectivity index (χ0) is 29.5. The lowest BCUT2D eigenvalue weighted by Gasteiger charge is -2.31. The first-order valence-corrected chi connectivity index (χ1v) is 14.6. The minimum absolute atomic E-state index is 0.108. The molecule has 0 bridgehead atoms. The molecule has 2 unspecified atom stereocenters. The van der Waals surface area contributed by atoms with Gasteiger partial charge in [0.25, 0.3) is 0 Å². The molecule has 9 heteroatoms. The van der Waals surface area contributed by atoms with Crippen LogP contribution in [0.4, 0.5) is 0 Å². The van der Waals surface area contributed by atoms with Gasteiger partial charge in [0.2, 0.25) is 17.7 Å². The normalized spacial score (nSPS) is 17.9. The second-order valence-corrected chi connectivity index (χ2v) is 11.5. The molecule has 0 radical (unpaired) electrons. The summed E-state index contributed by atoms with van der Waals surface area (Å²) in [6, 6.07) is 9.75. The molecule has 3 amide bonds. The van der Waals surface area contributed by atoms with Crippen LogP contribution in [-0.2, 0) is 24.0 Å². The topological polar surface area (TPSA) is 117 Å². The van der Waals surface area contributed by atoms with E-state index in [1.807, 2.05) is 70.2 Å². The number of benzene rings is 1. The second kappa shape index (κ2) is 17.8. The van der Waals surface area contributed by atoms with Crippen LogP contribution >= 0.6 is 0 Å². The van der Waals surface area contributed by atoms with Crippen LogP contribution in [0.25, 0.3) is 6.08 Å². The number of hydrazine groups is 1. The van der Waals surface area contributed by atoms with Gasteiger partial charge in [-0.1, -0.05) is 70.2 Å². The Morgan fingerprint density at radius 3 is 2.38 bits per heavy atom. The minimum Gasteiger partial charge on any atom is -0.393 e. The maximum Gasteiger partial charge on any atom is 0.247 e. The number of carbonyl (C=O) groups excluding carboxylic acids is 3. The number of allylic oxidation sites excluding steroid dienone is 1. The van der Waals surface area contributed by atoms with Gasteiger partial charge >= 0.3 is 0 Å². The highest BCUT2D eigenvalue weighted by atomic mass is 16.8. The summed E-state index contributed by atoms with van der Waals surface area (Å²) in [7, 11) is 0. The lowest BCUT2D eigenvalue weighted by atomic mass is 9.82. The lowest BCUT2D eigenvalue weighted by Crippen LogP contribution is -2.52. The number of nitrogens with zero attached hydrogens (tertiary/aromatic N) is 1. The van der Waals surface area contributed by atoms with Crippen molar-refractivity contribution in [3.05, 3.63) is 42.0 Å². The highest BCUT2D eigenvalue weighted by molar-refractivity contribution is 5.89. The van der Waals surface area contributed by atoms with Gasteiger partial charge in [0.1, 0.15) is 0 Å². The van der Waals surface area contributed by atoms with Crippen molar-refractivity contribution in [1.82, 2.24) is 15.9 Å². The van der Waals surface area contributed by atoms with Crippen LogP contribution in [0.3, 0.4) is 0 Å². The number of aliphatic hydroxyl groups excluding tert-OH is 1. The van der Waals surface area contributed by atoms with E-state index in [4.69, 9.17) is 9.57 Å². The van der Waals surface area contributed by atoms with E-state index in [-0.39, 0.29) is 30.1 Å². The van der Waals surface area contributed by atoms with Gasteiger partial charge in [0.15, 0.2) is 6.29 Å². The summed E-state index contributed by atoms with van der Waals surface area (Å²) < 4.78 is 5.58. The molecule has 224 valence electrons. The van der Waals surface area contributed by atoms with Crippen molar-refractivity contribution >= 4 is 23.8 Å². The van der Waals surface area contributed by atoms with Crippen molar-refractivity contribution in [2.75, 3.05) is 13.2 Å². The van der Waals surface area contributed by atoms with Crippen molar-refractivity contribution in [3.8, 4) is 0 Å². The molecule has 0 aromatic heterocycles. The zero-order valence-electron chi connectivity index (χ0n) is 24.8. The van der Waals surface area contributed by atoms with Crippen molar-refractivity contribution in [3.63, 3.8) is 0 Å². The average molecular weight is 560 g/mol. The molecule has 4 atom stereocenters. The molecular formula is C31H49N3O6. The monoisotopic (exact) mass is 559 g/mol. The first-order valence-electron chi connectivity index (χ1n) is 14.6. The quantitative estimate of drug-likeness (QED) is 0.270. The number of hydrogen-bond acceptors (Lipinski definition) is 6. The van der Waals surface area contributed by atoms with Crippen LogP contribution in [0.15, 0.2) is 36.4 Å². The molecule has 1 aromatic carbocycles. The number of hydroxylamine groups is 1. The van der Waals surface area contributed by atoms with Gasteiger partial charge in [-0.15, -0.1) is 0 Å². The summed E-state index contributed by atoms with van der Waals surface area (Å²) in [4.78, 5) is 45.8. The summed E-state index contributed by atoms with van der Waals surface area (Å²) >= 11 is 0. The molecule has 40 heavy (non-hydrogen) atoms. The molecule has 1 aliphatic heterocycles. The van der Waals surface area contributed by atoms with E-state index in [0.717, 1.165) is 18.4 Å². The predicted octanol–water partition coefficient (Wildman–Crippen LogP) is 4.62. The maximum absolute atomic E-state index is 13.8. The van der Waals surface area contributed by atoms with E-state index in [0.29, 0.717) is 38.8 Å². The zero-order valence-corrected chi connectivity index (χ0v) is 24.8. The Morgan fingerprint density at radius 2 is 1.77 bits per heavy atom. The smallest absolute Gasteiger partial charge is 0.247 e. The van der Waals surface area contributed by atoms with Gasteiger partial charge < -0.3 is 9.84 Å². The third-order valence-electron chi connectivity index (χ3n) is 6.68. The fourth-order valence-corrected chi connectivity index (χ4v) is 4.59. The van der Waals surface area contributed by atoms with Gasteiger partial charge in [0.05, 0.1) is 17.9 Å². The Hall–Kier alpha value is -2.75. The van der Waals surface area contributed by atoms with Crippen LogP contribution in [0.2, 0.25) is 0 Å². The van der Waals surface area contributed by atoms with E-state index in [1.54, 1.807) is 6.92 Å². The van der Waals surface area contributed by atoms with Crippen molar-refractivity contribution in [2.45, 2.75) is 92.0 Å². The fourth-order valence-electron chi connectivity index (χ4n) is 4.59. The van der Waals surface area contributed by atoms with Crippen LogP contribution in [0.1, 0.15) is 85.1 Å². The Balaban J connectivity index is 2.26. The summed E-state index contributed by atoms with van der Waals surface area (Å²) in [6.45, 7) is 10.5. The van der Waals surface area contributed by atoms with Gasteiger partial charge in [-0.25, -0.2) is 10.3 Å². The molecule has 1 saturated heterocycles. The number of nitrogens with one attached hydrogen (secondary N) is 2. The molecule has 0 aliphatic carbocycles. The number of rotatable bonds is 15. The second-order valence-electron chi connectivity index (χ2n) is 11.5. The number of carbonyl (C=O) groups is 3. The first-order chi connectivity index (χ1) is 19.1. The first kappa shape index (κ1) is 33.5. The summed E-state index contributed by atoms with van der Waals surface area (Å²) in [5, 5.41) is 11.0. The van der Waals surface area contributed by atoms with E-state index >= 15 is 0 Å². The Kier molecular flexibility index (Phi) is 14.9. The fraction of sp³-hybridized carbons (Fsp3) is 0.645. The SMILES string of the molecule is CC(C)CC(C(=O)NN(CC(C)C)C(=O)CC[C@@H](C)O)C(CC=Cc1ccccc1)C(=O)NO[C@H]1CCCCO1. The molecule has 0 spiro atoms. The molecule has 1 fully saturated rings. The Labute approximate surface area is 239 Å². The van der Waals surface area contributed by atoms with Gasteiger partial charge in [0, 0.05) is 26.0 Å². The largest absolute Gasteiger partial charge is 0.393 e. The predicted molar refractivity (Wildman–Crippen MR) is 155 cm³/mol. The molecule has 0 saturated carbocycles. The maximum atomic E-state index is 13.8. The molecule has 9 nitrogen and oxygen atoms in total. The lowest BCUT2D eigenvalue weighted by molar-refractivity contribution is -0.203. The standard InChI is InChI=1S/C31H49N3O6/c1-22(2)20-27(30(37)32-34(21-23(3)4)28(36)18-17-24(5)35)26(15-11-14-25-12-7-6-8-13-25)31(38)33-40-29-16-9-10-19-39-29/h6-8,11-14,22-24,26-27,29,35H,9-10,15-21H2,1-5H3,(H,32,37)(H,33,38)/t24-,26?,27?,29+/m1/s1. The Bertz CT molecular complexity index is 928. The molecular weight excluding hydrogens is 510 g/mol. The molecule has 1 aliphatic rings. The van der Waals surface area contributed by atoms with Crippen LogP contribution < -0.4 is 10.9 Å². The van der Waals surface area contributed by atoms with Gasteiger partial charge in [-0.2, -0.15) is 0 Å². The number of amides is 3. The van der Waals surface area contributed by atoms with Crippen molar-refractivity contribution < 1.29 is 29.1 Å². The number of aliphatic hydroxyl groups is 1. The Morgan fingerprint density at radius 1 is 1.05 bits per heavy atom. The highest BCUT2D eigenvalue weighted by Crippen LogP contribution is 2.26. The summed E-state index contributed by atoms with van der Waals surface area (Å²) in [6.07, 6.45) is 6.46. The van der Waals surface area contributed by atoms with Crippen LogP contribution in [0.5, 0.6) is 0 Å². The van der Waals surface area contributed by atoms with Crippen LogP contribution in [-0.4, -0.2) is 53.4 Å². The van der Waals surface area contributed by atoms with E-state index < -0.39 is 30.1 Å². The third-order valence-corrected chi connectivity index (χ3v) is 6.68. The van der Waals surface area contributed by atoms with Crippen molar-refractivity contribution in [2.24, 2.45) is 23.7 Å². The molecule has 1 aromatic rings. The minimum atomic E-state index is -0.737. The van der Waals surface area contributed by atoms with Crippen LogP contribution in [0, 0.1) is 23.7 Å². The number of ether oxygens (including phenoxy) is 1. The van der Waals surface area contributed by atoms with E-state index in [1.165, 1.54) is 5.01 Å². The molecule has 3 N–H and O–H groups in total. The molecule has 2 rings (SSSR count). The van der Waals surface area contributed by atoms with Gasteiger partial charge in [-0.3, -0.25) is 24.8 Å². The molecule has 1 heterocycles. The summed E-state index contributed by atoms with van der Waals surface area (Å²) in [5.74, 6) is -2.28. The highest BCUT2D eigenvalue weighted by Gasteiger charge is 2.35. The van der Waals surface area contributed by atoms with E-state index in [2.05, 4.69) is 10.9 Å². The summed E-state index contributed by atoms with van der Waals surface area (Å²) in [5.41, 5.74) is 6.38. The third kappa shape index (κ3) is 12.6. The average Bonchev–Trinajstić information content (AvgIpc) is 2.92. The number of hydrogen-bond donors (Lipinski definition) is 3.